The first-order chi connectivity index (χ1) is 17.9. The maximum atomic E-state index is 13.3. The van der Waals surface area contributed by atoms with E-state index < -0.39 is 16.1 Å². The van der Waals surface area contributed by atoms with Gasteiger partial charge in [-0.15, -0.1) is 11.3 Å². The number of rotatable bonds is 8. The van der Waals surface area contributed by atoms with Crippen LogP contribution in [-0.2, 0) is 19.6 Å². The van der Waals surface area contributed by atoms with Gasteiger partial charge in [-0.3, -0.25) is 9.59 Å². The molecule has 2 aromatic heterocycles. The van der Waals surface area contributed by atoms with E-state index in [1.807, 2.05) is 0 Å². The maximum Gasteiger partial charge on any atom is 0.248 e. The van der Waals surface area contributed by atoms with Gasteiger partial charge in [-0.2, -0.15) is 9.40 Å². The monoisotopic (exact) mass is 542 g/mol. The highest BCUT2D eigenvalue weighted by molar-refractivity contribution is 7.89. The summed E-state index contributed by atoms with van der Waals surface area (Å²) < 4.78 is 29.5. The summed E-state index contributed by atoms with van der Waals surface area (Å²) in [5, 5.41) is 9.27. The quantitative estimate of drug-likeness (QED) is 0.467. The van der Waals surface area contributed by atoms with Gasteiger partial charge in [-0.05, 0) is 42.7 Å². The van der Waals surface area contributed by atoms with Crippen LogP contribution in [0.1, 0.15) is 38.5 Å². The van der Waals surface area contributed by atoms with Crippen molar-refractivity contribution >= 4 is 38.3 Å². The van der Waals surface area contributed by atoms with Gasteiger partial charge in [-0.25, -0.2) is 18.1 Å². The van der Waals surface area contributed by atoms with Gasteiger partial charge in [0.2, 0.25) is 21.8 Å². The van der Waals surface area contributed by atoms with Crippen LogP contribution in [-0.4, -0.2) is 69.9 Å². The van der Waals surface area contributed by atoms with Gasteiger partial charge >= 0.3 is 0 Å². The van der Waals surface area contributed by atoms with Crippen LogP contribution < -0.4 is 5.32 Å². The summed E-state index contributed by atoms with van der Waals surface area (Å²) in [6, 6.07) is 7.54. The predicted octanol–water partition coefficient (Wildman–Crippen LogP) is 3.14. The molecule has 0 radical (unpaired) electrons. The fourth-order valence-electron chi connectivity index (χ4n) is 5.13. The minimum atomic E-state index is -3.87. The van der Waals surface area contributed by atoms with Gasteiger partial charge in [0.25, 0.3) is 0 Å². The van der Waals surface area contributed by atoms with Crippen molar-refractivity contribution in [2.45, 2.75) is 49.5 Å². The first-order valence-corrected chi connectivity index (χ1v) is 14.8. The van der Waals surface area contributed by atoms with Crippen molar-refractivity contribution < 1.29 is 18.0 Å². The van der Waals surface area contributed by atoms with Crippen LogP contribution in [0.3, 0.4) is 0 Å². The lowest BCUT2D eigenvalue weighted by Gasteiger charge is -2.39. The van der Waals surface area contributed by atoms with E-state index in [2.05, 4.69) is 15.4 Å². The fourth-order valence-corrected chi connectivity index (χ4v) is 7.04. The molecule has 1 saturated heterocycles. The first kappa shape index (κ1) is 25.6. The molecule has 1 N–H and O–H groups in total. The van der Waals surface area contributed by atoms with Gasteiger partial charge in [0.1, 0.15) is 6.04 Å². The average molecular weight is 543 g/mol. The number of amides is 2. The summed E-state index contributed by atoms with van der Waals surface area (Å²) in [7, 11) is -3.87. The number of hydrogen-bond acceptors (Lipinski definition) is 7. The molecule has 0 spiro atoms. The molecular formula is C25H30N6O4S2. The lowest BCUT2D eigenvalue weighted by atomic mass is 9.84. The lowest BCUT2D eigenvalue weighted by molar-refractivity contribution is -0.142. The molecule has 1 saturated carbocycles. The number of anilines is 1. The lowest BCUT2D eigenvalue weighted by Crippen LogP contribution is -2.58. The van der Waals surface area contributed by atoms with Crippen LogP contribution in [0.5, 0.6) is 0 Å². The van der Waals surface area contributed by atoms with Crippen LogP contribution >= 0.6 is 11.3 Å². The molecule has 12 heteroatoms. The molecule has 0 bridgehead atoms. The Kier molecular flexibility index (Phi) is 7.68. The normalized spacial score (nSPS) is 18.6. The van der Waals surface area contributed by atoms with Crippen molar-refractivity contribution in [1.82, 2.24) is 24.0 Å². The van der Waals surface area contributed by atoms with Crippen LogP contribution in [0.2, 0.25) is 0 Å². The van der Waals surface area contributed by atoms with E-state index in [9.17, 15) is 18.0 Å². The summed E-state index contributed by atoms with van der Waals surface area (Å²) >= 11 is 1.32. The van der Waals surface area contributed by atoms with Gasteiger partial charge in [0.15, 0.2) is 5.13 Å². The van der Waals surface area contributed by atoms with Crippen molar-refractivity contribution in [3.63, 3.8) is 0 Å². The summed E-state index contributed by atoms with van der Waals surface area (Å²) in [6.45, 7) is -0.0122. The van der Waals surface area contributed by atoms with E-state index in [0.29, 0.717) is 17.5 Å². The highest BCUT2D eigenvalue weighted by Crippen LogP contribution is 2.30. The summed E-state index contributed by atoms with van der Waals surface area (Å²) in [5.41, 5.74) is 0.738. The second-order valence-corrected chi connectivity index (χ2v) is 12.3. The molecule has 1 aliphatic carbocycles. The first-order valence-electron chi connectivity index (χ1n) is 12.5. The minimum Gasteiger partial charge on any atom is -0.328 e. The second kappa shape index (κ2) is 11.1. The van der Waals surface area contributed by atoms with E-state index in [-0.39, 0.29) is 36.3 Å². The number of nitrogens with zero attached hydrogens (tertiary/aromatic N) is 5. The Bertz CT molecular complexity index is 1300. The molecule has 2 fully saturated rings. The highest BCUT2D eigenvalue weighted by Gasteiger charge is 2.39. The fraction of sp³-hybridized carbons (Fsp3) is 0.440. The SMILES string of the molecule is O=C(Nc1nccs1)C(CC1CCCCC1)N1CCN(S(=O)(=O)c2ccc(-n3cccn3)cc2)CC1=O. The Morgan fingerprint density at radius 3 is 2.54 bits per heavy atom. The van der Waals surface area contributed by atoms with Crippen molar-refractivity contribution in [3.05, 3.63) is 54.3 Å². The van der Waals surface area contributed by atoms with E-state index in [1.165, 1.54) is 34.2 Å². The smallest absolute Gasteiger partial charge is 0.248 e. The third kappa shape index (κ3) is 5.76. The Balaban J connectivity index is 1.30. The van der Waals surface area contributed by atoms with E-state index >= 15 is 0 Å². The summed E-state index contributed by atoms with van der Waals surface area (Å²) in [6.07, 6.45) is 11.2. The summed E-state index contributed by atoms with van der Waals surface area (Å²) in [5.74, 6) is -0.263. The van der Waals surface area contributed by atoms with E-state index in [4.69, 9.17) is 0 Å². The molecule has 3 heterocycles. The van der Waals surface area contributed by atoms with Gasteiger partial charge in [-0.1, -0.05) is 32.1 Å². The number of piperazine rings is 1. The highest BCUT2D eigenvalue weighted by atomic mass is 32.2. The number of benzene rings is 1. The molecule has 2 amide bonds. The van der Waals surface area contributed by atoms with Gasteiger partial charge < -0.3 is 10.2 Å². The molecule has 37 heavy (non-hydrogen) atoms. The third-order valence-corrected chi connectivity index (χ3v) is 9.64. The molecule has 1 aliphatic heterocycles. The topological polar surface area (TPSA) is 118 Å². The largest absolute Gasteiger partial charge is 0.328 e. The van der Waals surface area contributed by atoms with Crippen molar-refractivity contribution in [2.24, 2.45) is 5.92 Å². The zero-order chi connectivity index (χ0) is 25.8. The molecule has 3 aromatic rings. The molecule has 1 aromatic carbocycles. The number of sulfonamides is 1. The molecule has 1 unspecified atom stereocenters. The predicted molar refractivity (Wildman–Crippen MR) is 140 cm³/mol. The van der Waals surface area contributed by atoms with Gasteiger partial charge in [0.05, 0.1) is 17.1 Å². The number of aromatic nitrogens is 3. The third-order valence-electron chi connectivity index (χ3n) is 7.09. The van der Waals surface area contributed by atoms with Crippen molar-refractivity contribution in [2.75, 3.05) is 25.0 Å². The van der Waals surface area contributed by atoms with E-state index in [1.54, 1.807) is 51.8 Å². The standard InChI is InChI=1S/C25H30N6O4S2/c32-23-18-29(37(34,35)21-9-7-20(8-10-21)31-13-4-11-27-31)14-15-30(23)22(17-19-5-2-1-3-6-19)24(33)28-25-26-12-16-36-25/h4,7-13,16,19,22H,1-3,5-6,14-15,17-18H2,(H,26,28,33). The second-order valence-electron chi connectivity index (χ2n) is 9.45. The van der Waals surface area contributed by atoms with Crippen LogP contribution in [0.4, 0.5) is 5.13 Å². The Hall–Kier alpha value is -3.09. The number of carbonyl (C=O) groups excluding carboxylic acids is 2. The molecule has 2 aliphatic rings. The zero-order valence-corrected chi connectivity index (χ0v) is 22.0. The molecule has 1 atom stereocenters. The minimum absolute atomic E-state index is 0.116. The average Bonchev–Trinajstić information content (AvgIpc) is 3.63. The number of nitrogens with one attached hydrogen (secondary N) is 1. The molecular weight excluding hydrogens is 512 g/mol. The summed E-state index contributed by atoms with van der Waals surface area (Å²) in [4.78, 5) is 32.4. The van der Waals surface area contributed by atoms with Crippen LogP contribution in [0.25, 0.3) is 5.69 Å². The Morgan fingerprint density at radius 2 is 1.89 bits per heavy atom. The Morgan fingerprint density at radius 1 is 1.11 bits per heavy atom. The van der Waals surface area contributed by atoms with Crippen molar-refractivity contribution in [3.8, 4) is 5.69 Å². The molecule has 196 valence electrons. The number of hydrogen-bond donors (Lipinski definition) is 1. The van der Waals surface area contributed by atoms with Crippen molar-refractivity contribution in [1.29, 1.82) is 0 Å². The van der Waals surface area contributed by atoms with E-state index in [0.717, 1.165) is 31.4 Å². The molecule has 5 rings (SSSR count). The van der Waals surface area contributed by atoms with Crippen LogP contribution in [0.15, 0.2) is 59.2 Å². The molecule has 10 nitrogen and oxygen atoms in total. The zero-order valence-electron chi connectivity index (χ0n) is 20.4. The number of thiazole rings is 1. The number of carbonyl (C=O) groups is 2. The van der Waals surface area contributed by atoms with Gasteiger partial charge in [0, 0.05) is 37.1 Å². The van der Waals surface area contributed by atoms with Crippen LogP contribution in [0, 0.1) is 5.92 Å². The Labute approximate surface area is 220 Å². The maximum absolute atomic E-state index is 13.3.